The van der Waals surface area contributed by atoms with Crippen molar-refractivity contribution in [2.45, 2.75) is 32.1 Å². The maximum absolute atomic E-state index is 12.4. The number of aromatic amines is 1. The van der Waals surface area contributed by atoms with Crippen molar-refractivity contribution in [2.24, 2.45) is 0 Å². The molecular weight excluding hydrogens is 334 g/mol. The number of hydrogen-bond acceptors (Lipinski definition) is 5. The Morgan fingerprint density at radius 1 is 1.32 bits per heavy atom. The van der Waals surface area contributed by atoms with Crippen LogP contribution in [-0.2, 0) is 19.3 Å². The number of pyridine rings is 1. The molecule has 7 heteroatoms. The number of carbonyl (C=O) groups is 1. The van der Waals surface area contributed by atoms with Gasteiger partial charge in [0.2, 0.25) is 0 Å². The summed E-state index contributed by atoms with van der Waals surface area (Å²) in [6.07, 6.45) is 8.49. The van der Waals surface area contributed by atoms with Crippen LogP contribution in [0.3, 0.4) is 0 Å². The standard InChI is InChI=1S/C18H19N5OS/c24-17(16-14-5-1-2-6-15(14)22-23-16)20-9-7-13-11-25-18(21-13)12-4-3-8-19-10-12/h3-4,8,10-11H,1-2,5-7,9H2,(H,20,24)(H,22,23). The van der Waals surface area contributed by atoms with Gasteiger partial charge in [-0.25, -0.2) is 4.98 Å². The Balaban J connectivity index is 1.34. The molecule has 6 nitrogen and oxygen atoms in total. The van der Waals surface area contributed by atoms with Gasteiger partial charge in [-0.05, 0) is 37.8 Å². The normalized spacial score (nSPS) is 13.4. The molecule has 0 aromatic carbocycles. The molecule has 128 valence electrons. The number of amides is 1. The maximum Gasteiger partial charge on any atom is 0.272 e. The first-order chi connectivity index (χ1) is 12.3. The molecule has 0 bridgehead atoms. The van der Waals surface area contributed by atoms with E-state index in [1.54, 1.807) is 17.5 Å². The third-order valence-electron chi connectivity index (χ3n) is 4.40. The van der Waals surface area contributed by atoms with E-state index in [2.05, 4.69) is 25.5 Å². The largest absolute Gasteiger partial charge is 0.350 e. The molecule has 3 heterocycles. The highest BCUT2D eigenvalue weighted by molar-refractivity contribution is 7.13. The van der Waals surface area contributed by atoms with Crippen LogP contribution < -0.4 is 5.32 Å². The second kappa shape index (κ2) is 7.14. The lowest BCUT2D eigenvalue weighted by Gasteiger charge is -2.10. The minimum absolute atomic E-state index is 0.0953. The van der Waals surface area contributed by atoms with Crippen molar-refractivity contribution >= 4 is 17.2 Å². The summed E-state index contributed by atoms with van der Waals surface area (Å²) < 4.78 is 0. The van der Waals surface area contributed by atoms with Crippen LogP contribution in [0.15, 0.2) is 29.9 Å². The minimum atomic E-state index is -0.0953. The number of nitrogens with one attached hydrogen (secondary N) is 2. The molecule has 1 aliphatic rings. The number of fused-ring (bicyclic) bond motifs is 1. The summed E-state index contributed by atoms with van der Waals surface area (Å²) in [5.74, 6) is -0.0953. The van der Waals surface area contributed by atoms with Crippen LogP contribution in [-0.4, -0.2) is 32.6 Å². The predicted molar refractivity (Wildman–Crippen MR) is 96.6 cm³/mol. The Hall–Kier alpha value is -2.54. The topological polar surface area (TPSA) is 83.6 Å². The number of H-pyrrole nitrogens is 1. The van der Waals surface area contributed by atoms with Crippen molar-refractivity contribution in [1.82, 2.24) is 25.5 Å². The first-order valence-electron chi connectivity index (χ1n) is 8.50. The molecule has 0 radical (unpaired) electrons. The van der Waals surface area contributed by atoms with Crippen molar-refractivity contribution in [2.75, 3.05) is 6.54 Å². The Morgan fingerprint density at radius 2 is 2.24 bits per heavy atom. The SMILES string of the molecule is O=C(NCCc1csc(-c2cccnc2)n1)c1n[nH]c2c1CCCC2. The summed E-state index contributed by atoms with van der Waals surface area (Å²) in [5, 5.41) is 13.2. The molecule has 25 heavy (non-hydrogen) atoms. The quantitative estimate of drug-likeness (QED) is 0.739. The maximum atomic E-state index is 12.4. The van der Waals surface area contributed by atoms with Gasteiger partial charge in [0.25, 0.3) is 5.91 Å². The Kier molecular flexibility index (Phi) is 4.56. The van der Waals surface area contributed by atoms with Crippen LogP contribution in [0.5, 0.6) is 0 Å². The van der Waals surface area contributed by atoms with Crippen molar-refractivity contribution < 1.29 is 4.79 Å². The van der Waals surface area contributed by atoms with E-state index in [4.69, 9.17) is 0 Å². The molecule has 0 saturated heterocycles. The smallest absolute Gasteiger partial charge is 0.272 e. The molecule has 0 aliphatic heterocycles. The van der Waals surface area contributed by atoms with Gasteiger partial charge >= 0.3 is 0 Å². The molecule has 1 amide bonds. The molecular formula is C18H19N5OS. The van der Waals surface area contributed by atoms with Crippen LogP contribution in [0.4, 0.5) is 0 Å². The molecule has 0 atom stereocenters. The Morgan fingerprint density at radius 3 is 3.12 bits per heavy atom. The van der Waals surface area contributed by atoms with E-state index in [1.165, 1.54) is 6.42 Å². The summed E-state index contributed by atoms with van der Waals surface area (Å²) >= 11 is 1.60. The fraction of sp³-hybridized carbons (Fsp3) is 0.333. The van der Waals surface area contributed by atoms with Crippen LogP contribution in [0.1, 0.15) is 40.3 Å². The molecule has 0 saturated carbocycles. The van der Waals surface area contributed by atoms with E-state index in [0.29, 0.717) is 18.7 Å². The molecule has 0 fully saturated rings. The highest BCUT2D eigenvalue weighted by Gasteiger charge is 2.21. The van der Waals surface area contributed by atoms with Crippen molar-refractivity contribution in [3.8, 4) is 10.6 Å². The van der Waals surface area contributed by atoms with E-state index in [9.17, 15) is 4.79 Å². The van der Waals surface area contributed by atoms with Gasteiger partial charge in [-0.1, -0.05) is 0 Å². The number of carbonyl (C=O) groups excluding carboxylic acids is 1. The van der Waals surface area contributed by atoms with Gasteiger partial charge in [-0.3, -0.25) is 14.9 Å². The van der Waals surface area contributed by atoms with Crippen molar-refractivity contribution in [1.29, 1.82) is 0 Å². The molecule has 2 N–H and O–H groups in total. The van der Waals surface area contributed by atoms with E-state index in [0.717, 1.165) is 46.8 Å². The molecule has 3 aromatic rings. The third-order valence-corrected chi connectivity index (χ3v) is 5.34. The Bertz CT molecular complexity index is 871. The highest BCUT2D eigenvalue weighted by Crippen LogP contribution is 2.23. The summed E-state index contributed by atoms with van der Waals surface area (Å²) in [4.78, 5) is 21.1. The van der Waals surface area contributed by atoms with Crippen LogP contribution in [0, 0.1) is 0 Å². The first-order valence-corrected chi connectivity index (χ1v) is 9.38. The predicted octanol–water partition coefficient (Wildman–Crippen LogP) is 2.78. The second-order valence-corrected chi connectivity index (χ2v) is 6.99. The van der Waals surface area contributed by atoms with Crippen LogP contribution in [0.2, 0.25) is 0 Å². The van der Waals surface area contributed by atoms with Crippen molar-refractivity contribution in [3.63, 3.8) is 0 Å². The van der Waals surface area contributed by atoms with E-state index < -0.39 is 0 Å². The zero-order valence-corrected chi connectivity index (χ0v) is 14.6. The van der Waals surface area contributed by atoms with Crippen LogP contribution >= 0.6 is 11.3 Å². The van der Waals surface area contributed by atoms with Gasteiger partial charge in [0.05, 0.1) is 5.69 Å². The fourth-order valence-corrected chi connectivity index (χ4v) is 3.95. The number of thiazole rings is 1. The second-order valence-electron chi connectivity index (χ2n) is 6.13. The number of aryl methyl sites for hydroxylation is 1. The molecule has 0 spiro atoms. The lowest BCUT2D eigenvalue weighted by atomic mass is 9.96. The van der Waals surface area contributed by atoms with Gasteiger partial charge < -0.3 is 5.32 Å². The number of rotatable bonds is 5. The van der Waals surface area contributed by atoms with Gasteiger partial charge in [-0.15, -0.1) is 11.3 Å². The minimum Gasteiger partial charge on any atom is -0.350 e. The van der Waals surface area contributed by atoms with Crippen molar-refractivity contribution in [3.05, 3.63) is 52.6 Å². The Labute approximate surface area is 149 Å². The molecule has 3 aromatic heterocycles. The van der Waals surface area contributed by atoms with Gasteiger partial charge in [0, 0.05) is 47.6 Å². The summed E-state index contributed by atoms with van der Waals surface area (Å²) in [6.45, 7) is 0.552. The summed E-state index contributed by atoms with van der Waals surface area (Å²) in [7, 11) is 0. The molecule has 1 aliphatic carbocycles. The number of nitrogens with zero attached hydrogens (tertiary/aromatic N) is 3. The van der Waals surface area contributed by atoms with E-state index >= 15 is 0 Å². The first kappa shape index (κ1) is 16.0. The zero-order chi connectivity index (χ0) is 17.1. The number of hydrogen-bond donors (Lipinski definition) is 2. The highest BCUT2D eigenvalue weighted by atomic mass is 32.1. The van der Waals surface area contributed by atoms with Gasteiger partial charge in [0.15, 0.2) is 5.69 Å². The zero-order valence-electron chi connectivity index (χ0n) is 13.8. The summed E-state index contributed by atoms with van der Waals surface area (Å²) in [5.41, 5.74) is 4.77. The fourth-order valence-electron chi connectivity index (χ4n) is 3.10. The monoisotopic (exact) mass is 353 g/mol. The van der Waals surface area contributed by atoms with E-state index in [1.807, 2.05) is 23.7 Å². The number of aromatic nitrogens is 4. The van der Waals surface area contributed by atoms with E-state index in [-0.39, 0.29) is 5.91 Å². The summed E-state index contributed by atoms with van der Waals surface area (Å²) in [6, 6.07) is 3.90. The van der Waals surface area contributed by atoms with Crippen LogP contribution in [0.25, 0.3) is 10.6 Å². The third kappa shape index (κ3) is 3.46. The average Bonchev–Trinajstić information content (AvgIpc) is 3.29. The lowest BCUT2D eigenvalue weighted by Crippen LogP contribution is -2.27. The molecule has 4 rings (SSSR count). The lowest BCUT2D eigenvalue weighted by molar-refractivity contribution is 0.0948. The average molecular weight is 353 g/mol. The van der Waals surface area contributed by atoms with Gasteiger partial charge in [0.1, 0.15) is 5.01 Å². The molecule has 0 unspecified atom stereocenters. The van der Waals surface area contributed by atoms with Gasteiger partial charge in [-0.2, -0.15) is 5.10 Å².